The molecule has 3 nitrogen and oxygen atoms in total. The van der Waals surface area contributed by atoms with E-state index in [9.17, 15) is 18.3 Å². The highest BCUT2D eigenvalue weighted by molar-refractivity contribution is 5.38. The van der Waals surface area contributed by atoms with Gasteiger partial charge >= 0.3 is 0 Å². The number of nitrogens with one attached hydrogen (secondary N) is 1. The summed E-state index contributed by atoms with van der Waals surface area (Å²) in [5, 5.41) is 13.4. The molecular formula is C20H23F3N2O. The van der Waals surface area contributed by atoms with E-state index in [-0.39, 0.29) is 24.3 Å². The molecule has 3 rings (SSSR count). The topological polar surface area (TPSA) is 35.5 Å². The Hall–Kier alpha value is -2.37. The molecule has 6 heteroatoms. The summed E-state index contributed by atoms with van der Waals surface area (Å²) in [6, 6.07) is 0. The molecule has 3 atom stereocenters. The molecule has 0 bridgehead atoms. The van der Waals surface area contributed by atoms with Crippen molar-refractivity contribution < 1.29 is 18.3 Å². The van der Waals surface area contributed by atoms with Crippen LogP contribution < -0.4 is 5.32 Å². The fraction of sp³-hybridized carbons (Fsp3) is 0.400. The van der Waals surface area contributed by atoms with Gasteiger partial charge in [-0.3, -0.25) is 0 Å². The summed E-state index contributed by atoms with van der Waals surface area (Å²) in [6.45, 7) is 10.3. The first-order valence-electron chi connectivity index (χ1n) is 8.69. The lowest BCUT2D eigenvalue weighted by Gasteiger charge is -2.33. The quantitative estimate of drug-likeness (QED) is 0.731. The third kappa shape index (κ3) is 3.59. The molecule has 2 aliphatic carbocycles. The maximum atomic E-state index is 13.6. The second-order valence-electron chi connectivity index (χ2n) is 7.15. The molecule has 2 N–H and O–H groups in total. The standard InChI is InChI=1S/C20H23F3N2O/c1-11-4-5-18(26)17(6-11)24-19-7-12(2)13(3)25(19)10-14-8-15(21)20(23)16(22)9-14/h5-6,8,12,14,19,24,26H,1,3-4,7,9-10H2,2H3. The Morgan fingerprint density at radius 1 is 1.31 bits per heavy atom. The fourth-order valence-electron chi connectivity index (χ4n) is 3.59. The van der Waals surface area contributed by atoms with E-state index in [1.807, 2.05) is 11.8 Å². The van der Waals surface area contributed by atoms with Gasteiger partial charge in [0, 0.05) is 24.6 Å². The van der Waals surface area contributed by atoms with Gasteiger partial charge in [-0.2, -0.15) is 0 Å². The van der Waals surface area contributed by atoms with Crippen LogP contribution in [0.4, 0.5) is 13.2 Å². The molecule has 3 unspecified atom stereocenters. The van der Waals surface area contributed by atoms with E-state index in [1.54, 1.807) is 12.2 Å². The predicted octanol–water partition coefficient (Wildman–Crippen LogP) is 5.07. The molecule has 1 fully saturated rings. The van der Waals surface area contributed by atoms with Gasteiger partial charge in [0.15, 0.2) is 11.7 Å². The molecular weight excluding hydrogens is 341 g/mol. The number of halogens is 3. The maximum Gasteiger partial charge on any atom is 0.189 e. The highest BCUT2D eigenvalue weighted by Gasteiger charge is 2.35. The lowest BCUT2D eigenvalue weighted by Crippen LogP contribution is -2.42. The first kappa shape index (κ1) is 18.4. The molecule has 0 saturated carbocycles. The van der Waals surface area contributed by atoms with Gasteiger partial charge in [-0.25, -0.2) is 13.2 Å². The van der Waals surface area contributed by atoms with Crippen molar-refractivity contribution in [2.75, 3.05) is 6.54 Å². The second-order valence-corrected chi connectivity index (χ2v) is 7.15. The lowest BCUT2D eigenvalue weighted by atomic mass is 9.98. The van der Waals surface area contributed by atoms with Crippen molar-refractivity contribution in [3.8, 4) is 0 Å². The van der Waals surface area contributed by atoms with Crippen LogP contribution in [0.25, 0.3) is 0 Å². The van der Waals surface area contributed by atoms with Crippen molar-refractivity contribution in [1.29, 1.82) is 0 Å². The van der Waals surface area contributed by atoms with Gasteiger partial charge in [0.1, 0.15) is 11.6 Å². The van der Waals surface area contributed by atoms with Crippen molar-refractivity contribution in [1.82, 2.24) is 10.2 Å². The SMILES string of the molecule is C=C1C=C(NC2CC(C)C(=C)N2CC2C=C(F)C(F)=C(F)C2)C(O)=CC1. The molecule has 0 amide bonds. The summed E-state index contributed by atoms with van der Waals surface area (Å²) in [4.78, 5) is 1.95. The van der Waals surface area contributed by atoms with Crippen LogP contribution in [-0.4, -0.2) is 22.7 Å². The van der Waals surface area contributed by atoms with Crippen molar-refractivity contribution in [3.63, 3.8) is 0 Å². The van der Waals surface area contributed by atoms with Gasteiger partial charge in [0.05, 0.1) is 11.9 Å². The number of nitrogens with zero attached hydrogens (tertiary/aromatic N) is 1. The Bertz CT molecular complexity index is 763. The summed E-state index contributed by atoms with van der Waals surface area (Å²) in [6.07, 6.45) is 5.58. The summed E-state index contributed by atoms with van der Waals surface area (Å²) < 4.78 is 40.4. The highest BCUT2D eigenvalue weighted by atomic mass is 19.2. The Balaban J connectivity index is 1.75. The molecule has 1 saturated heterocycles. The third-order valence-electron chi connectivity index (χ3n) is 5.10. The number of rotatable bonds is 4. The first-order chi connectivity index (χ1) is 12.3. The monoisotopic (exact) mass is 364 g/mol. The van der Waals surface area contributed by atoms with Gasteiger partial charge in [-0.05, 0) is 42.6 Å². The molecule has 3 aliphatic rings. The molecule has 1 aliphatic heterocycles. The zero-order chi connectivity index (χ0) is 19.0. The van der Waals surface area contributed by atoms with Gasteiger partial charge in [-0.1, -0.05) is 20.1 Å². The summed E-state index contributed by atoms with van der Waals surface area (Å²) in [5.74, 6) is -3.74. The molecule has 0 aromatic heterocycles. The molecule has 0 radical (unpaired) electrons. The van der Waals surface area contributed by atoms with Crippen LogP contribution in [-0.2, 0) is 0 Å². The van der Waals surface area contributed by atoms with Crippen molar-refractivity contribution in [2.24, 2.45) is 11.8 Å². The maximum absolute atomic E-state index is 13.6. The van der Waals surface area contributed by atoms with Crippen LogP contribution in [0, 0.1) is 11.8 Å². The Kier molecular flexibility index (Phi) is 5.03. The first-order valence-corrected chi connectivity index (χ1v) is 8.69. The van der Waals surface area contributed by atoms with Gasteiger partial charge in [-0.15, -0.1) is 0 Å². The van der Waals surface area contributed by atoms with Gasteiger partial charge < -0.3 is 15.3 Å². The number of aliphatic hydroxyl groups excluding tert-OH is 1. The van der Waals surface area contributed by atoms with E-state index in [0.717, 1.165) is 23.8 Å². The van der Waals surface area contributed by atoms with Crippen LogP contribution in [0.1, 0.15) is 26.2 Å². The van der Waals surface area contributed by atoms with E-state index in [1.165, 1.54) is 0 Å². The number of aliphatic hydroxyl groups is 1. The zero-order valence-corrected chi connectivity index (χ0v) is 14.7. The van der Waals surface area contributed by atoms with Crippen LogP contribution in [0.2, 0.25) is 0 Å². The number of likely N-dealkylation sites (tertiary alicyclic amines) is 1. The number of hydrogen-bond donors (Lipinski definition) is 2. The Labute approximate surface area is 151 Å². The van der Waals surface area contributed by atoms with Crippen LogP contribution in [0.5, 0.6) is 0 Å². The Morgan fingerprint density at radius 3 is 2.73 bits per heavy atom. The fourth-order valence-corrected chi connectivity index (χ4v) is 3.59. The molecule has 0 aromatic rings. The molecule has 0 aromatic carbocycles. The number of allylic oxidation sites excluding steroid dienone is 7. The average molecular weight is 364 g/mol. The molecule has 0 spiro atoms. The van der Waals surface area contributed by atoms with E-state index in [4.69, 9.17) is 0 Å². The zero-order valence-electron chi connectivity index (χ0n) is 14.7. The highest BCUT2D eigenvalue weighted by Crippen LogP contribution is 2.37. The normalized spacial score (nSPS) is 29.6. The molecule has 26 heavy (non-hydrogen) atoms. The minimum Gasteiger partial charge on any atom is -0.506 e. The molecule has 140 valence electrons. The third-order valence-corrected chi connectivity index (χ3v) is 5.10. The van der Waals surface area contributed by atoms with Crippen LogP contribution >= 0.6 is 0 Å². The average Bonchev–Trinajstić information content (AvgIpc) is 2.83. The van der Waals surface area contributed by atoms with Crippen LogP contribution in [0.3, 0.4) is 0 Å². The second kappa shape index (κ2) is 7.09. The lowest BCUT2D eigenvalue weighted by molar-refractivity contribution is 0.231. The van der Waals surface area contributed by atoms with Crippen molar-refractivity contribution >= 4 is 0 Å². The summed E-state index contributed by atoms with van der Waals surface area (Å²) in [7, 11) is 0. The minimum absolute atomic E-state index is 0.155. The molecule has 1 heterocycles. The predicted molar refractivity (Wildman–Crippen MR) is 95.6 cm³/mol. The summed E-state index contributed by atoms with van der Waals surface area (Å²) >= 11 is 0. The number of hydrogen-bond acceptors (Lipinski definition) is 3. The van der Waals surface area contributed by atoms with Gasteiger partial charge in [0.25, 0.3) is 0 Å². The van der Waals surface area contributed by atoms with Gasteiger partial charge in [0.2, 0.25) is 0 Å². The Morgan fingerprint density at radius 2 is 2.04 bits per heavy atom. The van der Waals surface area contributed by atoms with E-state index < -0.39 is 23.4 Å². The van der Waals surface area contributed by atoms with Crippen molar-refractivity contribution in [3.05, 3.63) is 71.6 Å². The summed E-state index contributed by atoms with van der Waals surface area (Å²) in [5.41, 5.74) is 2.30. The largest absolute Gasteiger partial charge is 0.506 e. The van der Waals surface area contributed by atoms with Crippen LogP contribution in [0.15, 0.2) is 71.6 Å². The van der Waals surface area contributed by atoms with E-state index in [2.05, 4.69) is 18.5 Å². The van der Waals surface area contributed by atoms with Crippen molar-refractivity contribution in [2.45, 2.75) is 32.4 Å². The van der Waals surface area contributed by atoms with E-state index >= 15 is 0 Å². The van der Waals surface area contributed by atoms with E-state index in [0.29, 0.717) is 18.7 Å². The smallest absolute Gasteiger partial charge is 0.189 e. The minimum atomic E-state index is -1.40.